The van der Waals surface area contributed by atoms with Crippen LogP contribution in [0.5, 0.6) is 5.75 Å². The van der Waals surface area contributed by atoms with Crippen molar-refractivity contribution in [1.29, 1.82) is 0 Å². The van der Waals surface area contributed by atoms with E-state index < -0.39 is 0 Å². The van der Waals surface area contributed by atoms with Crippen LogP contribution in [0.2, 0.25) is 0 Å². The Balaban J connectivity index is 1.67. The molecule has 0 unspecified atom stereocenters. The zero-order valence-electron chi connectivity index (χ0n) is 14.9. The molecular formula is C22H21NO3. The highest BCUT2D eigenvalue weighted by molar-refractivity contribution is 5.90. The van der Waals surface area contributed by atoms with Gasteiger partial charge < -0.3 is 14.8 Å². The molecule has 0 spiro atoms. The number of rotatable bonds is 6. The molecule has 0 amide bonds. The van der Waals surface area contributed by atoms with Crippen LogP contribution in [0.25, 0.3) is 11.1 Å². The molecule has 0 fully saturated rings. The van der Waals surface area contributed by atoms with E-state index in [1.807, 2.05) is 42.5 Å². The van der Waals surface area contributed by atoms with Crippen molar-refractivity contribution in [2.24, 2.45) is 0 Å². The number of benzene rings is 3. The highest BCUT2D eigenvalue weighted by Gasteiger charge is 2.06. The minimum Gasteiger partial charge on any atom is -0.497 e. The van der Waals surface area contributed by atoms with E-state index in [1.165, 1.54) is 12.7 Å². The molecule has 3 aromatic rings. The molecule has 0 aliphatic rings. The fraction of sp³-hybridized carbons (Fsp3) is 0.136. The number of anilines is 1. The maximum atomic E-state index is 11.7. The van der Waals surface area contributed by atoms with Gasteiger partial charge in [-0.05, 0) is 53.1 Å². The number of carbonyl (C=O) groups excluding carboxylic acids is 1. The summed E-state index contributed by atoms with van der Waals surface area (Å²) in [7, 11) is 3.05. The topological polar surface area (TPSA) is 47.6 Å². The Morgan fingerprint density at radius 3 is 2.27 bits per heavy atom. The lowest BCUT2D eigenvalue weighted by atomic mass is 10.0. The highest BCUT2D eigenvalue weighted by atomic mass is 16.5. The van der Waals surface area contributed by atoms with Crippen LogP contribution >= 0.6 is 0 Å². The summed E-state index contributed by atoms with van der Waals surface area (Å²) < 4.78 is 9.94. The van der Waals surface area contributed by atoms with E-state index in [0.29, 0.717) is 5.56 Å². The smallest absolute Gasteiger partial charge is 0.337 e. The van der Waals surface area contributed by atoms with Crippen LogP contribution in [-0.2, 0) is 11.3 Å². The minimum atomic E-state index is -0.327. The molecule has 26 heavy (non-hydrogen) atoms. The normalized spacial score (nSPS) is 10.2. The van der Waals surface area contributed by atoms with E-state index in [0.717, 1.165) is 29.1 Å². The summed E-state index contributed by atoms with van der Waals surface area (Å²) in [5.41, 5.74) is 4.82. The second-order valence-corrected chi connectivity index (χ2v) is 5.85. The Bertz CT molecular complexity index is 871. The van der Waals surface area contributed by atoms with Gasteiger partial charge in [-0.3, -0.25) is 0 Å². The molecule has 0 saturated heterocycles. The fourth-order valence-electron chi connectivity index (χ4n) is 2.67. The largest absolute Gasteiger partial charge is 0.497 e. The molecule has 0 aromatic heterocycles. The van der Waals surface area contributed by atoms with Crippen molar-refractivity contribution in [2.45, 2.75) is 6.54 Å². The molecule has 3 aromatic carbocycles. The third-order valence-electron chi connectivity index (χ3n) is 4.16. The molecule has 0 aliphatic heterocycles. The lowest BCUT2D eigenvalue weighted by Crippen LogP contribution is -2.01. The third-order valence-corrected chi connectivity index (χ3v) is 4.16. The molecule has 0 saturated carbocycles. The van der Waals surface area contributed by atoms with Gasteiger partial charge in [-0.15, -0.1) is 0 Å². The Morgan fingerprint density at radius 1 is 0.885 bits per heavy atom. The summed E-state index contributed by atoms with van der Waals surface area (Å²) in [6.07, 6.45) is 0. The van der Waals surface area contributed by atoms with Crippen LogP contribution in [0, 0.1) is 0 Å². The number of carbonyl (C=O) groups is 1. The molecule has 0 bridgehead atoms. The van der Waals surface area contributed by atoms with Crippen LogP contribution in [0.15, 0.2) is 72.8 Å². The van der Waals surface area contributed by atoms with E-state index >= 15 is 0 Å². The maximum Gasteiger partial charge on any atom is 0.337 e. The molecule has 1 N–H and O–H groups in total. The van der Waals surface area contributed by atoms with Crippen molar-refractivity contribution < 1.29 is 14.3 Å². The molecule has 0 heterocycles. The third kappa shape index (κ3) is 4.22. The average molecular weight is 347 g/mol. The molecule has 4 heteroatoms. The Kier molecular flexibility index (Phi) is 5.54. The van der Waals surface area contributed by atoms with Crippen molar-refractivity contribution in [3.8, 4) is 16.9 Å². The Hall–Kier alpha value is -3.27. The van der Waals surface area contributed by atoms with E-state index in [4.69, 9.17) is 9.47 Å². The number of ether oxygens (including phenoxy) is 2. The average Bonchev–Trinajstić information content (AvgIpc) is 2.72. The van der Waals surface area contributed by atoms with Crippen LogP contribution < -0.4 is 10.1 Å². The zero-order chi connectivity index (χ0) is 18.4. The van der Waals surface area contributed by atoms with Gasteiger partial charge in [-0.1, -0.05) is 36.4 Å². The highest BCUT2D eigenvalue weighted by Crippen LogP contribution is 2.22. The number of hydrogen-bond donors (Lipinski definition) is 1. The first kappa shape index (κ1) is 17.5. The van der Waals surface area contributed by atoms with Crippen molar-refractivity contribution in [2.75, 3.05) is 19.5 Å². The summed E-state index contributed by atoms with van der Waals surface area (Å²) in [4.78, 5) is 11.7. The molecule has 132 valence electrons. The maximum absolute atomic E-state index is 11.7. The monoisotopic (exact) mass is 347 g/mol. The summed E-state index contributed by atoms with van der Waals surface area (Å²) in [6.45, 7) is 0.731. The summed E-state index contributed by atoms with van der Waals surface area (Å²) in [6, 6.07) is 23.6. The van der Waals surface area contributed by atoms with Crippen LogP contribution in [0.3, 0.4) is 0 Å². The first-order valence-electron chi connectivity index (χ1n) is 8.35. The van der Waals surface area contributed by atoms with E-state index in [9.17, 15) is 4.79 Å². The van der Waals surface area contributed by atoms with Crippen LogP contribution in [0.4, 0.5) is 5.69 Å². The summed E-state index contributed by atoms with van der Waals surface area (Å²) >= 11 is 0. The van der Waals surface area contributed by atoms with Gasteiger partial charge in [0.2, 0.25) is 0 Å². The molecule has 3 rings (SSSR count). The second-order valence-electron chi connectivity index (χ2n) is 5.85. The summed E-state index contributed by atoms with van der Waals surface area (Å²) in [5, 5.41) is 3.39. The molecule has 4 nitrogen and oxygen atoms in total. The molecule has 0 radical (unpaired) electrons. The fourth-order valence-corrected chi connectivity index (χ4v) is 2.67. The predicted molar refractivity (Wildman–Crippen MR) is 104 cm³/mol. The Morgan fingerprint density at radius 2 is 1.62 bits per heavy atom. The first-order valence-corrected chi connectivity index (χ1v) is 8.35. The van der Waals surface area contributed by atoms with Crippen molar-refractivity contribution in [3.63, 3.8) is 0 Å². The van der Waals surface area contributed by atoms with Gasteiger partial charge in [-0.2, -0.15) is 0 Å². The van der Waals surface area contributed by atoms with Gasteiger partial charge in [0.25, 0.3) is 0 Å². The lowest BCUT2D eigenvalue weighted by molar-refractivity contribution is 0.0601. The standard InChI is InChI=1S/C22H21NO3/c1-25-21-12-10-20(11-13-21)23-15-16-6-8-17(9-7-16)18-4-3-5-19(14-18)22(24)26-2/h3-14,23H,15H2,1-2H3. The predicted octanol–water partition coefficient (Wildman–Crippen LogP) is 4.76. The van der Waals surface area contributed by atoms with Gasteiger partial charge in [0.1, 0.15) is 5.75 Å². The van der Waals surface area contributed by atoms with Gasteiger partial charge in [-0.25, -0.2) is 4.79 Å². The van der Waals surface area contributed by atoms with Crippen LogP contribution in [-0.4, -0.2) is 20.2 Å². The second kappa shape index (κ2) is 8.21. The van der Waals surface area contributed by atoms with E-state index in [-0.39, 0.29) is 5.97 Å². The molecular weight excluding hydrogens is 326 g/mol. The van der Waals surface area contributed by atoms with E-state index in [1.54, 1.807) is 13.2 Å². The van der Waals surface area contributed by atoms with E-state index in [2.05, 4.69) is 29.6 Å². The van der Waals surface area contributed by atoms with Gasteiger partial charge >= 0.3 is 5.97 Å². The van der Waals surface area contributed by atoms with Crippen molar-refractivity contribution in [3.05, 3.63) is 83.9 Å². The lowest BCUT2D eigenvalue weighted by Gasteiger charge is -2.09. The number of esters is 1. The SMILES string of the molecule is COC(=O)c1cccc(-c2ccc(CNc3ccc(OC)cc3)cc2)c1. The van der Waals surface area contributed by atoms with Gasteiger partial charge in [0, 0.05) is 12.2 Å². The number of hydrogen-bond acceptors (Lipinski definition) is 4. The first-order chi connectivity index (χ1) is 12.7. The van der Waals surface area contributed by atoms with Crippen molar-refractivity contribution >= 4 is 11.7 Å². The number of methoxy groups -OCH3 is 2. The molecule has 0 atom stereocenters. The van der Waals surface area contributed by atoms with Crippen molar-refractivity contribution in [1.82, 2.24) is 0 Å². The summed E-state index contributed by atoms with van der Waals surface area (Å²) in [5.74, 6) is 0.515. The zero-order valence-corrected chi connectivity index (χ0v) is 14.9. The van der Waals surface area contributed by atoms with Gasteiger partial charge in [0.05, 0.1) is 19.8 Å². The van der Waals surface area contributed by atoms with Crippen LogP contribution in [0.1, 0.15) is 15.9 Å². The number of nitrogens with one attached hydrogen (secondary N) is 1. The molecule has 0 aliphatic carbocycles. The minimum absolute atomic E-state index is 0.327. The Labute approximate surface area is 153 Å². The van der Waals surface area contributed by atoms with Gasteiger partial charge in [0.15, 0.2) is 0 Å². The quantitative estimate of drug-likeness (QED) is 0.653.